The van der Waals surface area contributed by atoms with Crippen LogP contribution in [0.4, 0.5) is 13.2 Å². The molecule has 0 aliphatic carbocycles. The SMILES string of the molecule is FC(F)(F)CCNCCCCBr. The molecule has 1 nitrogen and oxygen atoms in total. The molecule has 0 amide bonds. The van der Waals surface area contributed by atoms with Crippen LogP contribution in [0, 0.1) is 0 Å². The maximum Gasteiger partial charge on any atom is 0.390 e. The largest absolute Gasteiger partial charge is 0.390 e. The first kappa shape index (κ1) is 12.2. The fourth-order valence-corrected chi connectivity index (χ4v) is 1.10. The summed E-state index contributed by atoms with van der Waals surface area (Å²) in [6.45, 7) is 0.702. The number of hydrogen-bond acceptors (Lipinski definition) is 1. The Morgan fingerprint density at radius 2 is 1.75 bits per heavy atom. The third kappa shape index (κ3) is 10.2. The van der Waals surface area contributed by atoms with Gasteiger partial charge in [-0.15, -0.1) is 0 Å². The summed E-state index contributed by atoms with van der Waals surface area (Å²) in [5.74, 6) is 0. The first-order valence-corrected chi connectivity index (χ1v) is 5.02. The van der Waals surface area contributed by atoms with Crippen molar-refractivity contribution >= 4 is 15.9 Å². The van der Waals surface area contributed by atoms with Crippen molar-refractivity contribution < 1.29 is 13.2 Å². The molecule has 0 rings (SSSR count). The molecule has 0 heterocycles. The van der Waals surface area contributed by atoms with E-state index in [1.807, 2.05) is 0 Å². The predicted octanol–water partition coefficient (Wildman–Crippen LogP) is 2.70. The van der Waals surface area contributed by atoms with Gasteiger partial charge in [0.1, 0.15) is 0 Å². The normalized spacial score (nSPS) is 12.0. The number of alkyl halides is 4. The van der Waals surface area contributed by atoms with Crippen LogP contribution >= 0.6 is 15.9 Å². The molecule has 0 fully saturated rings. The van der Waals surface area contributed by atoms with Gasteiger partial charge in [-0.1, -0.05) is 15.9 Å². The monoisotopic (exact) mass is 247 g/mol. The van der Waals surface area contributed by atoms with Gasteiger partial charge in [0, 0.05) is 11.9 Å². The van der Waals surface area contributed by atoms with E-state index in [4.69, 9.17) is 0 Å². The van der Waals surface area contributed by atoms with E-state index in [9.17, 15) is 13.2 Å². The van der Waals surface area contributed by atoms with Crippen molar-refractivity contribution in [3.63, 3.8) is 0 Å². The highest BCUT2D eigenvalue weighted by Crippen LogP contribution is 2.17. The zero-order valence-electron chi connectivity index (χ0n) is 6.75. The van der Waals surface area contributed by atoms with Crippen LogP contribution in [-0.2, 0) is 0 Å². The Bertz CT molecular complexity index is 105. The van der Waals surface area contributed by atoms with E-state index in [1.54, 1.807) is 0 Å². The number of unbranched alkanes of at least 4 members (excludes halogenated alkanes) is 1. The van der Waals surface area contributed by atoms with Crippen molar-refractivity contribution in [1.29, 1.82) is 0 Å². The van der Waals surface area contributed by atoms with Crippen LogP contribution in [0.25, 0.3) is 0 Å². The van der Waals surface area contributed by atoms with Gasteiger partial charge in [0.05, 0.1) is 6.42 Å². The third-order valence-corrected chi connectivity index (χ3v) is 1.88. The summed E-state index contributed by atoms with van der Waals surface area (Å²) >= 11 is 3.24. The predicted molar refractivity (Wildman–Crippen MR) is 46.6 cm³/mol. The Balaban J connectivity index is 3.01. The summed E-state index contributed by atoms with van der Waals surface area (Å²) in [6, 6.07) is 0. The summed E-state index contributed by atoms with van der Waals surface area (Å²) in [7, 11) is 0. The van der Waals surface area contributed by atoms with Crippen LogP contribution in [0.15, 0.2) is 0 Å². The van der Waals surface area contributed by atoms with Crippen LogP contribution in [0.5, 0.6) is 0 Å². The Hall–Kier alpha value is 0.230. The summed E-state index contributed by atoms with van der Waals surface area (Å²) in [4.78, 5) is 0. The molecule has 0 aliphatic heterocycles. The van der Waals surface area contributed by atoms with Crippen LogP contribution in [0.3, 0.4) is 0 Å². The van der Waals surface area contributed by atoms with Gasteiger partial charge in [0.15, 0.2) is 0 Å². The second kappa shape index (κ2) is 6.71. The molecule has 0 saturated heterocycles. The molecule has 12 heavy (non-hydrogen) atoms. The smallest absolute Gasteiger partial charge is 0.316 e. The van der Waals surface area contributed by atoms with Crippen LogP contribution < -0.4 is 5.32 Å². The van der Waals surface area contributed by atoms with Crippen molar-refractivity contribution in [2.45, 2.75) is 25.4 Å². The quantitative estimate of drug-likeness (QED) is 0.563. The summed E-state index contributed by atoms with van der Waals surface area (Å²) < 4.78 is 34.8. The number of rotatable bonds is 6. The topological polar surface area (TPSA) is 12.0 Å². The molecule has 0 unspecified atom stereocenters. The van der Waals surface area contributed by atoms with Gasteiger partial charge < -0.3 is 5.32 Å². The van der Waals surface area contributed by atoms with E-state index in [-0.39, 0.29) is 6.54 Å². The van der Waals surface area contributed by atoms with E-state index >= 15 is 0 Å². The van der Waals surface area contributed by atoms with E-state index in [1.165, 1.54) is 0 Å². The fourth-order valence-electron chi connectivity index (χ4n) is 0.700. The molecule has 0 aromatic carbocycles. The Morgan fingerprint density at radius 3 is 2.25 bits per heavy atom. The maximum absolute atomic E-state index is 11.6. The van der Waals surface area contributed by atoms with E-state index < -0.39 is 12.6 Å². The number of halogens is 4. The summed E-state index contributed by atoms with van der Waals surface area (Å²) in [5, 5.41) is 3.65. The minimum absolute atomic E-state index is 0.0335. The standard InChI is InChI=1S/C7H13BrF3N/c8-4-1-2-5-12-6-3-7(9,10)11/h12H,1-6H2. The Kier molecular flexibility index (Phi) is 6.84. The van der Waals surface area contributed by atoms with Crippen molar-refractivity contribution in [3.8, 4) is 0 Å². The first-order chi connectivity index (χ1) is 5.56. The molecule has 0 aromatic rings. The fraction of sp³-hybridized carbons (Fsp3) is 1.00. The Labute approximate surface area is 78.8 Å². The van der Waals surface area contributed by atoms with E-state index in [2.05, 4.69) is 21.2 Å². The van der Waals surface area contributed by atoms with Gasteiger partial charge in [-0.3, -0.25) is 0 Å². The van der Waals surface area contributed by atoms with Gasteiger partial charge >= 0.3 is 6.18 Å². The summed E-state index contributed by atoms with van der Waals surface area (Å²) in [5.41, 5.74) is 0. The zero-order chi connectivity index (χ0) is 9.45. The Morgan fingerprint density at radius 1 is 1.08 bits per heavy atom. The lowest BCUT2D eigenvalue weighted by molar-refractivity contribution is -0.133. The first-order valence-electron chi connectivity index (χ1n) is 3.89. The average molecular weight is 248 g/mol. The molecular weight excluding hydrogens is 235 g/mol. The van der Waals surface area contributed by atoms with Gasteiger partial charge in [0.25, 0.3) is 0 Å². The molecule has 0 saturated carbocycles. The average Bonchev–Trinajstić information content (AvgIpc) is 1.94. The molecule has 0 radical (unpaired) electrons. The molecule has 74 valence electrons. The van der Waals surface area contributed by atoms with Crippen molar-refractivity contribution in [1.82, 2.24) is 5.32 Å². The van der Waals surface area contributed by atoms with E-state index in [0.717, 1.165) is 18.2 Å². The van der Waals surface area contributed by atoms with E-state index in [0.29, 0.717) is 6.54 Å². The molecule has 0 bridgehead atoms. The zero-order valence-corrected chi connectivity index (χ0v) is 8.34. The molecule has 0 aliphatic rings. The third-order valence-electron chi connectivity index (χ3n) is 1.32. The van der Waals surface area contributed by atoms with Gasteiger partial charge in [-0.05, 0) is 19.4 Å². The highest BCUT2D eigenvalue weighted by Gasteiger charge is 2.25. The molecule has 0 atom stereocenters. The second-order valence-electron chi connectivity index (χ2n) is 2.51. The number of hydrogen-bond donors (Lipinski definition) is 1. The molecular formula is C7H13BrF3N. The lowest BCUT2D eigenvalue weighted by atomic mass is 10.3. The minimum atomic E-state index is -4.03. The lowest BCUT2D eigenvalue weighted by Crippen LogP contribution is -2.22. The van der Waals surface area contributed by atoms with Gasteiger partial charge in [-0.25, -0.2) is 0 Å². The number of nitrogens with one attached hydrogen (secondary N) is 1. The van der Waals surface area contributed by atoms with Crippen molar-refractivity contribution in [3.05, 3.63) is 0 Å². The molecule has 5 heteroatoms. The second-order valence-corrected chi connectivity index (χ2v) is 3.30. The van der Waals surface area contributed by atoms with Crippen LogP contribution in [-0.4, -0.2) is 24.6 Å². The molecule has 1 N–H and O–H groups in total. The van der Waals surface area contributed by atoms with Gasteiger partial charge in [0.2, 0.25) is 0 Å². The van der Waals surface area contributed by atoms with Crippen LogP contribution in [0.2, 0.25) is 0 Å². The van der Waals surface area contributed by atoms with Crippen molar-refractivity contribution in [2.24, 2.45) is 0 Å². The van der Waals surface area contributed by atoms with Crippen LogP contribution in [0.1, 0.15) is 19.3 Å². The highest BCUT2D eigenvalue weighted by atomic mass is 79.9. The molecule has 0 aromatic heterocycles. The maximum atomic E-state index is 11.6. The van der Waals surface area contributed by atoms with Crippen molar-refractivity contribution in [2.75, 3.05) is 18.4 Å². The highest BCUT2D eigenvalue weighted by molar-refractivity contribution is 9.09. The minimum Gasteiger partial charge on any atom is -0.316 e. The summed E-state index contributed by atoms with van der Waals surface area (Å²) in [6.07, 6.45) is -2.84. The van der Waals surface area contributed by atoms with Gasteiger partial charge in [-0.2, -0.15) is 13.2 Å². The molecule has 0 spiro atoms. The lowest BCUT2D eigenvalue weighted by Gasteiger charge is -2.06.